The largest absolute Gasteiger partial charge is 0.302 e. The third-order valence-electron chi connectivity index (χ3n) is 2.57. The highest BCUT2D eigenvalue weighted by molar-refractivity contribution is 7.08. The van der Waals surface area contributed by atoms with E-state index < -0.39 is 0 Å². The number of carbonyl (C=O) groups is 1. The zero-order valence-electron chi connectivity index (χ0n) is 6.25. The van der Waals surface area contributed by atoms with Crippen molar-refractivity contribution in [2.45, 2.75) is 24.7 Å². The quantitative estimate of drug-likeness (QED) is 0.616. The Morgan fingerprint density at radius 3 is 2.73 bits per heavy atom. The van der Waals surface area contributed by atoms with Crippen LogP contribution < -0.4 is 0 Å². The van der Waals surface area contributed by atoms with Gasteiger partial charge in [-0.1, -0.05) is 6.42 Å². The molecule has 2 heteroatoms. The Balaban J connectivity index is 2.32. The highest BCUT2D eigenvalue weighted by Crippen LogP contribution is 2.42. The molecule has 1 aromatic rings. The molecule has 1 heterocycles. The molecule has 0 aromatic carbocycles. The van der Waals surface area contributed by atoms with Gasteiger partial charge in [-0.25, -0.2) is 0 Å². The number of hydrogen-bond donors (Lipinski definition) is 0. The van der Waals surface area contributed by atoms with E-state index in [2.05, 4.69) is 11.4 Å². The summed E-state index contributed by atoms with van der Waals surface area (Å²) in [5.74, 6) is 0. The molecular weight excluding hydrogens is 156 g/mol. The fraction of sp³-hybridized carbons (Fsp3) is 0.444. The summed E-state index contributed by atoms with van der Waals surface area (Å²) >= 11 is 1.67. The third-order valence-corrected chi connectivity index (χ3v) is 3.25. The first-order chi connectivity index (χ1) is 5.37. The number of aldehydes is 1. The van der Waals surface area contributed by atoms with Crippen molar-refractivity contribution in [3.05, 3.63) is 22.4 Å². The molecule has 0 radical (unpaired) electrons. The van der Waals surface area contributed by atoms with E-state index in [-0.39, 0.29) is 5.41 Å². The molecule has 1 nitrogen and oxygen atoms in total. The molecule has 0 bridgehead atoms. The molecule has 0 aliphatic heterocycles. The van der Waals surface area contributed by atoms with Crippen molar-refractivity contribution in [3.8, 4) is 0 Å². The lowest BCUT2D eigenvalue weighted by Gasteiger charge is -2.36. The van der Waals surface area contributed by atoms with Crippen molar-refractivity contribution in [1.29, 1.82) is 0 Å². The standard InChI is InChI=1S/C9H10OS/c10-7-9(3-1-4-9)8-2-5-11-6-8/h2,5-7H,1,3-4H2. The van der Waals surface area contributed by atoms with Gasteiger partial charge in [-0.05, 0) is 35.2 Å². The summed E-state index contributed by atoms with van der Waals surface area (Å²) in [7, 11) is 0. The fourth-order valence-electron chi connectivity index (χ4n) is 1.58. The first kappa shape index (κ1) is 7.04. The van der Waals surface area contributed by atoms with Crippen molar-refractivity contribution in [2.75, 3.05) is 0 Å². The van der Waals surface area contributed by atoms with Crippen LogP contribution in [0.4, 0.5) is 0 Å². The minimum absolute atomic E-state index is 0.0833. The molecule has 1 aliphatic rings. The van der Waals surface area contributed by atoms with Gasteiger partial charge in [0.05, 0.1) is 5.41 Å². The molecule has 0 amide bonds. The summed E-state index contributed by atoms with van der Waals surface area (Å²) in [5.41, 5.74) is 1.14. The average Bonchev–Trinajstić information content (AvgIpc) is 2.39. The van der Waals surface area contributed by atoms with Crippen LogP contribution in [0.1, 0.15) is 24.8 Å². The van der Waals surface area contributed by atoms with Gasteiger partial charge in [-0.2, -0.15) is 11.3 Å². The van der Waals surface area contributed by atoms with E-state index in [0.717, 1.165) is 19.1 Å². The Labute approximate surface area is 70.1 Å². The maximum atomic E-state index is 10.8. The lowest BCUT2D eigenvalue weighted by molar-refractivity contribution is -0.115. The Kier molecular flexibility index (Phi) is 1.57. The second kappa shape index (κ2) is 2.45. The molecule has 0 atom stereocenters. The summed E-state index contributed by atoms with van der Waals surface area (Å²) in [6.07, 6.45) is 4.42. The van der Waals surface area contributed by atoms with Gasteiger partial charge >= 0.3 is 0 Å². The molecule has 2 rings (SSSR count). The van der Waals surface area contributed by atoms with Crippen molar-refractivity contribution in [2.24, 2.45) is 0 Å². The summed E-state index contributed by atoms with van der Waals surface area (Å²) in [6, 6.07) is 2.07. The normalized spacial score (nSPS) is 20.7. The molecule has 1 saturated carbocycles. The predicted molar refractivity (Wildman–Crippen MR) is 45.9 cm³/mol. The van der Waals surface area contributed by atoms with Gasteiger partial charge in [-0.3, -0.25) is 0 Å². The van der Waals surface area contributed by atoms with E-state index in [9.17, 15) is 4.79 Å². The zero-order chi connectivity index (χ0) is 7.73. The number of thiophene rings is 1. The molecule has 0 spiro atoms. The highest BCUT2D eigenvalue weighted by Gasteiger charge is 2.38. The molecule has 0 N–H and O–H groups in total. The van der Waals surface area contributed by atoms with E-state index in [1.807, 2.05) is 5.38 Å². The topological polar surface area (TPSA) is 17.1 Å². The SMILES string of the molecule is O=CC1(c2ccsc2)CCC1. The van der Waals surface area contributed by atoms with Crippen LogP contribution in [-0.2, 0) is 10.2 Å². The van der Waals surface area contributed by atoms with Gasteiger partial charge in [0.2, 0.25) is 0 Å². The van der Waals surface area contributed by atoms with E-state index in [4.69, 9.17) is 0 Å². The Morgan fingerprint density at radius 2 is 2.36 bits per heavy atom. The highest BCUT2D eigenvalue weighted by atomic mass is 32.1. The summed E-state index contributed by atoms with van der Waals surface area (Å²) in [6.45, 7) is 0. The molecule has 0 saturated heterocycles. The van der Waals surface area contributed by atoms with Crippen LogP contribution in [0.3, 0.4) is 0 Å². The van der Waals surface area contributed by atoms with Crippen LogP contribution in [-0.4, -0.2) is 6.29 Å². The Morgan fingerprint density at radius 1 is 1.55 bits per heavy atom. The van der Waals surface area contributed by atoms with E-state index >= 15 is 0 Å². The molecule has 0 unspecified atom stereocenters. The van der Waals surface area contributed by atoms with Gasteiger partial charge in [0.1, 0.15) is 6.29 Å². The number of carbonyl (C=O) groups excluding carboxylic acids is 1. The maximum Gasteiger partial charge on any atom is 0.130 e. The summed E-state index contributed by atoms with van der Waals surface area (Å²) < 4.78 is 0. The van der Waals surface area contributed by atoms with E-state index in [1.165, 1.54) is 12.0 Å². The third kappa shape index (κ3) is 0.932. The van der Waals surface area contributed by atoms with Gasteiger partial charge in [0.25, 0.3) is 0 Å². The molecule has 58 valence electrons. The lowest BCUT2D eigenvalue weighted by Crippen LogP contribution is -2.35. The van der Waals surface area contributed by atoms with Gasteiger partial charge in [0, 0.05) is 0 Å². The van der Waals surface area contributed by atoms with Crippen LogP contribution in [0.25, 0.3) is 0 Å². The fourth-order valence-corrected chi connectivity index (χ4v) is 2.34. The van der Waals surface area contributed by atoms with Crippen LogP contribution >= 0.6 is 11.3 Å². The number of rotatable bonds is 2. The zero-order valence-corrected chi connectivity index (χ0v) is 7.06. The summed E-state index contributed by atoms with van der Waals surface area (Å²) in [4.78, 5) is 10.8. The van der Waals surface area contributed by atoms with Crippen molar-refractivity contribution >= 4 is 17.6 Å². The van der Waals surface area contributed by atoms with Crippen LogP contribution in [0.5, 0.6) is 0 Å². The second-order valence-electron chi connectivity index (χ2n) is 3.14. The predicted octanol–water partition coefficient (Wildman–Crippen LogP) is 2.37. The Bertz CT molecular complexity index is 247. The van der Waals surface area contributed by atoms with E-state index in [0.29, 0.717) is 0 Å². The molecule has 1 aliphatic carbocycles. The minimum Gasteiger partial charge on any atom is -0.302 e. The Hall–Kier alpha value is -0.630. The first-order valence-corrected chi connectivity index (χ1v) is 4.81. The summed E-state index contributed by atoms with van der Waals surface area (Å²) in [5, 5.41) is 4.13. The second-order valence-corrected chi connectivity index (χ2v) is 3.92. The van der Waals surface area contributed by atoms with Crippen molar-refractivity contribution in [3.63, 3.8) is 0 Å². The van der Waals surface area contributed by atoms with Crippen molar-refractivity contribution in [1.82, 2.24) is 0 Å². The van der Waals surface area contributed by atoms with Crippen LogP contribution in [0.2, 0.25) is 0 Å². The molecule has 1 aromatic heterocycles. The minimum atomic E-state index is -0.0833. The molecule has 1 fully saturated rings. The average molecular weight is 166 g/mol. The maximum absolute atomic E-state index is 10.8. The monoisotopic (exact) mass is 166 g/mol. The van der Waals surface area contributed by atoms with Crippen LogP contribution in [0.15, 0.2) is 16.8 Å². The lowest BCUT2D eigenvalue weighted by atomic mass is 9.66. The van der Waals surface area contributed by atoms with Crippen LogP contribution in [0, 0.1) is 0 Å². The van der Waals surface area contributed by atoms with E-state index in [1.54, 1.807) is 11.3 Å². The molecular formula is C9H10OS. The van der Waals surface area contributed by atoms with Gasteiger partial charge < -0.3 is 4.79 Å². The van der Waals surface area contributed by atoms with Crippen molar-refractivity contribution < 1.29 is 4.79 Å². The first-order valence-electron chi connectivity index (χ1n) is 3.86. The smallest absolute Gasteiger partial charge is 0.130 e. The van der Waals surface area contributed by atoms with Gasteiger partial charge in [-0.15, -0.1) is 0 Å². The molecule has 11 heavy (non-hydrogen) atoms. The number of hydrogen-bond acceptors (Lipinski definition) is 2. The van der Waals surface area contributed by atoms with Gasteiger partial charge in [0.15, 0.2) is 0 Å².